The van der Waals surface area contributed by atoms with Crippen molar-refractivity contribution in [3.8, 4) is 11.5 Å². The molecule has 11 heteroatoms. The minimum atomic E-state index is -0.376. The summed E-state index contributed by atoms with van der Waals surface area (Å²) in [5.74, 6) is 2.22. The number of anilines is 2. The van der Waals surface area contributed by atoms with Gasteiger partial charge in [0.1, 0.15) is 12.1 Å². The lowest BCUT2D eigenvalue weighted by atomic mass is 10.1. The zero-order valence-corrected chi connectivity index (χ0v) is 21.0. The van der Waals surface area contributed by atoms with Crippen molar-refractivity contribution in [2.75, 3.05) is 82.5 Å². The van der Waals surface area contributed by atoms with Gasteiger partial charge >= 0.3 is 0 Å². The fourth-order valence-electron chi connectivity index (χ4n) is 4.83. The lowest BCUT2D eigenvalue weighted by Gasteiger charge is -2.37. The van der Waals surface area contributed by atoms with Gasteiger partial charge in [-0.25, -0.2) is 9.97 Å². The van der Waals surface area contributed by atoms with Crippen LogP contribution in [-0.2, 0) is 4.74 Å². The molecule has 3 heterocycles. The normalized spacial score (nSPS) is 16.7. The molecule has 0 radical (unpaired) electrons. The summed E-state index contributed by atoms with van der Waals surface area (Å²) < 4.78 is 17.2. The van der Waals surface area contributed by atoms with Crippen LogP contribution in [0, 0.1) is 10.1 Å². The number of fused-ring (bicyclic) bond motifs is 1. The fraction of sp³-hybridized carbons (Fsp3) is 0.462. The van der Waals surface area contributed by atoms with Crippen LogP contribution in [-0.4, -0.2) is 92.5 Å². The third kappa shape index (κ3) is 5.83. The molecule has 2 fully saturated rings. The second-order valence-electron chi connectivity index (χ2n) is 9.12. The van der Waals surface area contributed by atoms with Crippen LogP contribution in [0.3, 0.4) is 0 Å². The van der Waals surface area contributed by atoms with E-state index in [0.717, 1.165) is 87.9 Å². The van der Waals surface area contributed by atoms with E-state index in [2.05, 4.69) is 24.7 Å². The molecule has 196 valence electrons. The van der Waals surface area contributed by atoms with Gasteiger partial charge in [-0.1, -0.05) is 0 Å². The average Bonchev–Trinajstić information content (AvgIpc) is 2.95. The third-order valence-electron chi connectivity index (χ3n) is 6.88. The molecule has 0 unspecified atom stereocenters. The topological polar surface area (TPSA) is 106 Å². The summed E-state index contributed by atoms with van der Waals surface area (Å²) in [6, 6.07) is 10.6. The van der Waals surface area contributed by atoms with Gasteiger partial charge in [-0.3, -0.25) is 15.0 Å². The number of morpholine rings is 1. The monoisotopic (exact) mass is 508 g/mol. The first-order chi connectivity index (χ1) is 18.1. The molecule has 37 heavy (non-hydrogen) atoms. The Morgan fingerprint density at radius 2 is 1.70 bits per heavy atom. The molecule has 0 amide bonds. The molecule has 0 N–H and O–H groups in total. The number of hydrogen-bond donors (Lipinski definition) is 0. The van der Waals surface area contributed by atoms with Crippen LogP contribution in [0.25, 0.3) is 10.9 Å². The van der Waals surface area contributed by atoms with Crippen molar-refractivity contribution in [2.24, 2.45) is 0 Å². The van der Waals surface area contributed by atoms with Gasteiger partial charge in [0.2, 0.25) is 0 Å². The van der Waals surface area contributed by atoms with E-state index < -0.39 is 0 Å². The predicted octanol–water partition coefficient (Wildman–Crippen LogP) is 2.97. The number of ether oxygens (including phenoxy) is 3. The number of rotatable bonds is 9. The summed E-state index contributed by atoms with van der Waals surface area (Å²) in [6.07, 6.45) is 2.51. The van der Waals surface area contributed by atoms with Crippen LogP contribution in [0.1, 0.15) is 6.42 Å². The third-order valence-corrected chi connectivity index (χ3v) is 6.88. The summed E-state index contributed by atoms with van der Waals surface area (Å²) in [6.45, 7) is 8.21. The number of piperazine rings is 1. The molecule has 2 aliphatic rings. The van der Waals surface area contributed by atoms with Crippen LogP contribution in [0.5, 0.6) is 11.5 Å². The summed E-state index contributed by atoms with van der Waals surface area (Å²) in [5.41, 5.74) is 1.89. The molecule has 2 saturated heterocycles. The van der Waals surface area contributed by atoms with Gasteiger partial charge in [-0.05, 0) is 24.6 Å². The van der Waals surface area contributed by atoms with Crippen LogP contribution in [0.4, 0.5) is 17.2 Å². The Hall–Kier alpha value is -3.70. The summed E-state index contributed by atoms with van der Waals surface area (Å²) in [5, 5.41) is 11.9. The molecule has 0 saturated carbocycles. The first kappa shape index (κ1) is 25.0. The van der Waals surface area contributed by atoms with Gasteiger partial charge in [0.05, 0.1) is 37.4 Å². The lowest BCUT2D eigenvalue weighted by molar-refractivity contribution is -0.384. The van der Waals surface area contributed by atoms with Gasteiger partial charge in [0.15, 0.2) is 11.5 Å². The van der Waals surface area contributed by atoms with Crippen molar-refractivity contribution < 1.29 is 19.1 Å². The zero-order valence-electron chi connectivity index (χ0n) is 21.0. The van der Waals surface area contributed by atoms with Crippen molar-refractivity contribution >= 4 is 28.1 Å². The van der Waals surface area contributed by atoms with E-state index in [0.29, 0.717) is 18.1 Å². The highest BCUT2D eigenvalue weighted by atomic mass is 16.6. The maximum atomic E-state index is 10.9. The van der Waals surface area contributed by atoms with Gasteiger partial charge in [-0.2, -0.15) is 0 Å². The molecule has 0 spiro atoms. The maximum Gasteiger partial charge on any atom is 0.269 e. The number of hydrogen-bond acceptors (Lipinski definition) is 10. The van der Waals surface area contributed by atoms with E-state index in [1.54, 1.807) is 25.6 Å². The average molecular weight is 509 g/mol. The molecule has 0 aliphatic carbocycles. The maximum absolute atomic E-state index is 10.9. The Labute approximate surface area is 215 Å². The largest absolute Gasteiger partial charge is 0.493 e. The lowest BCUT2D eigenvalue weighted by Crippen LogP contribution is -2.46. The first-order valence-corrected chi connectivity index (χ1v) is 12.6. The van der Waals surface area contributed by atoms with Crippen LogP contribution < -0.4 is 19.3 Å². The highest BCUT2D eigenvalue weighted by Crippen LogP contribution is 2.35. The molecule has 1 aromatic heterocycles. The highest BCUT2D eigenvalue weighted by Gasteiger charge is 2.22. The number of non-ortho nitro benzene ring substituents is 1. The van der Waals surface area contributed by atoms with E-state index >= 15 is 0 Å². The zero-order chi connectivity index (χ0) is 25.6. The van der Waals surface area contributed by atoms with Crippen molar-refractivity contribution in [2.45, 2.75) is 6.42 Å². The van der Waals surface area contributed by atoms with Crippen LogP contribution in [0.2, 0.25) is 0 Å². The van der Waals surface area contributed by atoms with E-state index in [-0.39, 0.29) is 10.6 Å². The number of aromatic nitrogens is 2. The number of nitro benzene ring substituents is 1. The van der Waals surface area contributed by atoms with Crippen LogP contribution >= 0.6 is 0 Å². The molecule has 11 nitrogen and oxygen atoms in total. The van der Waals surface area contributed by atoms with Crippen molar-refractivity contribution in [3.05, 3.63) is 52.8 Å². The first-order valence-electron chi connectivity index (χ1n) is 12.6. The van der Waals surface area contributed by atoms with E-state index in [9.17, 15) is 10.1 Å². The van der Waals surface area contributed by atoms with Gasteiger partial charge in [0.25, 0.3) is 5.69 Å². The smallest absolute Gasteiger partial charge is 0.269 e. The molecule has 0 bridgehead atoms. The van der Waals surface area contributed by atoms with Crippen LogP contribution in [0.15, 0.2) is 42.7 Å². The second-order valence-corrected chi connectivity index (χ2v) is 9.12. The van der Waals surface area contributed by atoms with E-state index in [1.165, 1.54) is 0 Å². The fourth-order valence-corrected chi connectivity index (χ4v) is 4.83. The van der Waals surface area contributed by atoms with Crippen molar-refractivity contribution in [1.29, 1.82) is 0 Å². The highest BCUT2D eigenvalue weighted by molar-refractivity contribution is 5.92. The number of nitro groups is 1. The predicted molar refractivity (Wildman–Crippen MR) is 141 cm³/mol. The standard InChI is InChI=1S/C26H32N6O5/c1-35-24-18-23-22(17-25(24)37-14-2-7-29-12-15-36-16-13-29)26(28-19-27-23)31-10-8-30(9-11-31)20-3-5-21(6-4-20)32(33)34/h3-6,17-19H,2,7-16H2,1H3. The number of benzene rings is 2. The Kier molecular flexibility index (Phi) is 7.81. The van der Waals surface area contributed by atoms with Gasteiger partial charge in [-0.15, -0.1) is 0 Å². The van der Waals surface area contributed by atoms with Crippen molar-refractivity contribution in [1.82, 2.24) is 14.9 Å². The molecular formula is C26H32N6O5. The summed E-state index contributed by atoms with van der Waals surface area (Å²) in [4.78, 5) is 26.5. The van der Waals surface area contributed by atoms with E-state index in [4.69, 9.17) is 14.2 Å². The number of methoxy groups -OCH3 is 1. The SMILES string of the molecule is COc1cc2ncnc(N3CCN(c4ccc([N+](=O)[O-])cc4)CC3)c2cc1OCCCN1CCOCC1. The van der Waals surface area contributed by atoms with Gasteiger partial charge in [0, 0.05) is 75.1 Å². The van der Waals surface area contributed by atoms with Crippen molar-refractivity contribution in [3.63, 3.8) is 0 Å². The Morgan fingerprint density at radius 1 is 0.973 bits per heavy atom. The molecule has 2 aromatic carbocycles. The minimum Gasteiger partial charge on any atom is -0.493 e. The van der Waals surface area contributed by atoms with Gasteiger partial charge < -0.3 is 24.0 Å². The summed E-state index contributed by atoms with van der Waals surface area (Å²) in [7, 11) is 1.64. The Bertz CT molecular complexity index is 1210. The molecule has 0 atom stereocenters. The summed E-state index contributed by atoms with van der Waals surface area (Å²) >= 11 is 0. The molecule has 2 aliphatic heterocycles. The minimum absolute atomic E-state index is 0.101. The second kappa shape index (κ2) is 11.6. The van der Waals surface area contributed by atoms with E-state index in [1.807, 2.05) is 24.3 Å². The quantitative estimate of drug-likeness (QED) is 0.243. The molecule has 5 rings (SSSR count). The molecular weight excluding hydrogens is 476 g/mol. The Balaban J connectivity index is 1.26. The number of nitrogens with zero attached hydrogens (tertiary/aromatic N) is 6. The molecule has 3 aromatic rings. The Morgan fingerprint density at radius 3 is 2.41 bits per heavy atom.